The number of nitriles is 1. The number of pyridine rings is 1. The van der Waals surface area contributed by atoms with Crippen molar-refractivity contribution in [3.05, 3.63) is 47.9 Å². The minimum atomic E-state index is -3.84. The van der Waals surface area contributed by atoms with Crippen molar-refractivity contribution in [2.75, 3.05) is 0 Å². The van der Waals surface area contributed by atoms with Crippen molar-refractivity contribution in [1.29, 1.82) is 5.26 Å². The van der Waals surface area contributed by atoms with E-state index in [1.54, 1.807) is 6.07 Å². The third-order valence-corrected chi connectivity index (χ3v) is 3.24. The molecule has 0 atom stereocenters. The second-order valence-electron chi connectivity index (χ2n) is 3.70. The van der Waals surface area contributed by atoms with Gasteiger partial charge in [-0.3, -0.25) is 0 Å². The maximum atomic E-state index is 13.4. The number of hydrogen-bond acceptors (Lipinski definition) is 5. The Hall–Kier alpha value is -2.50. The molecule has 0 aliphatic carbocycles. The average Bonchev–Trinajstić information content (AvgIpc) is 2.38. The van der Waals surface area contributed by atoms with Gasteiger partial charge in [0.2, 0.25) is 15.9 Å². The lowest BCUT2D eigenvalue weighted by Crippen LogP contribution is -2.12. The van der Waals surface area contributed by atoms with E-state index >= 15 is 0 Å². The number of hydrogen-bond donors (Lipinski definition) is 1. The number of sulfonamides is 1. The molecule has 1 aromatic carbocycles. The van der Waals surface area contributed by atoms with Gasteiger partial charge in [-0.1, -0.05) is 6.07 Å². The van der Waals surface area contributed by atoms with E-state index in [9.17, 15) is 12.8 Å². The Labute approximate surface area is 114 Å². The van der Waals surface area contributed by atoms with Crippen LogP contribution in [0.4, 0.5) is 4.39 Å². The van der Waals surface area contributed by atoms with Gasteiger partial charge in [0.15, 0.2) is 0 Å². The summed E-state index contributed by atoms with van der Waals surface area (Å²) in [6.07, 6.45) is 1.01. The van der Waals surface area contributed by atoms with Gasteiger partial charge in [-0.05, 0) is 18.2 Å². The molecule has 2 aromatic rings. The van der Waals surface area contributed by atoms with Crippen molar-refractivity contribution in [1.82, 2.24) is 4.98 Å². The third-order valence-electron chi connectivity index (χ3n) is 2.34. The van der Waals surface area contributed by atoms with E-state index in [1.807, 2.05) is 0 Å². The van der Waals surface area contributed by atoms with Crippen molar-refractivity contribution in [3.63, 3.8) is 0 Å². The standard InChI is InChI=1S/C12H8FN3O3S/c13-10-2-1-3-11(9(10)6-14)19-12-5-4-8(7-16-12)20(15,17)18/h1-5,7H,(H2,15,17,18). The Balaban J connectivity index is 2.32. The van der Waals surface area contributed by atoms with Gasteiger partial charge in [-0.15, -0.1) is 0 Å². The summed E-state index contributed by atoms with van der Waals surface area (Å²) in [7, 11) is -3.84. The number of rotatable bonds is 3. The molecule has 1 heterocycles. The first-order valence-electron chi connectivity index (χ1n) is 5.27. The molecule has 0 aliphatic heterocycles. The fourth-order valence-corrected chi connectivity index (χ4v) is 1.86. The Bertz CT molecular complexity index is 783. The SMILES string of the molecule is N#Cc1c(F)cccc1Oc1ccc(S(N)(=O)=O)cn1. The van der Waals surface area contributed by atoms with Gasteiger partial charge < -0.3 is 4.74 Å². The van der Waals surface area contributed by atoms with Crippen LogP contribution < -0.4 is 9.88 Å². The quantitative estimate of drug-likeness (QED) is 0.923. The molecule has 0 radical (unpaired) electrons. The smallest absolute Gasteiger partial charge is 0.239 e. The molecule has 0 fully saturated rings. The maximum Gasteiger partial charge on any atom is 0.239 e. The van der Waals surface area contributed by atoms with Crippen LogP contribution in [0.25, 0.3) is 0 Å². The largest absolute Gasteiger partial charge is 0.438 e. The molecule has 0 saturated heterocycles. The van der Waals surface area contributed by atoms with Crippen molar-refractivity contribution < 1.29 is 17.5 Å². The van der Waals surface area contributed by atoms with Crippen LogP contribution in [0.5, 0.6) is 11.6 Å². The summed E-state index contributed by atoms with van der Waals surface area (Å²) in [5.41, 5.74) is -0.259. The molecule has 20 heavy (non-hydrogen) atoms. The summed E-state index contributed by atoms with van der Waals surface area (Å²) in [6, 6.07) is 8.04. The summed E-state index contributed by atoms with van der Waals surface area (Å²) in [4.78, 5) is 3.56. The van der Waals surface area contributed by atoms with Gasteiger partial charge in [-0.25, -0.2) is 22.9 Å². The minimum Gasteiger partial charge on any atom is -0.438 e. The van der Waals surface area contributed by atoms with E-state index in [1.165, 1.54) is 24.3 Å². The van der Waals surface area contributed by atoms with E-state index in [4.69, 9.17) is 15.1 Å². The van der Waals surface area contributed by atoms with Crippen LogP contribution in [0.1, 0.15) is 5.56 Å². The summed E-state index contributed by atoms with van der Waals surface area (Å²) in [6.45, 7) is 0. The monoisotopic (exact) mass is 293 g/mol. The molecular weight excluding hydrogens is 285 g/mol. The Kier molecular flexibility index (Phi) is 3.65. The number of ether oxygens (including phenoxy) is 1. The highest BCUT2D eigenvalue weighted by Gasteiger charge is 2.12. The van der Waals surface area contributed by atoms with Crippen LogP contribution in [0.2, 0.25) is 0 Å². The fraction of sp³-hybridized carbons (Fsp3) is 0. The molecule has 0 bridgehead atoms. The number of halogens is 1. The van der Waals surface area contributed by atoms with Gasteiger partial charge in [-0.2, -0.15) is 5.26 Å². The van der Waals surface area contributed by atoms with Gasteiger partial charge in [0.1, 0.15) is 28.1 Å². The molecule has 0 aliphatic rings. The van der Waals surface area contributed by atoms with E-state index in [-0.39, 0.29) is 22.1 Å². The molecule has 0 amide bonds. The highest BCUT2D eigenvalue weighted by molar-refractivity contribution is 7.89. The molecule has 8 heteroatoms. The lowest BCUT2D eigenvalue weighted by molar-refractivity contribution is 0.455. The molecule has 0 unspecified atom stereocenters. The van der Waals surface area contributed by atoms with Gasteiger partial charge in [0.25, 0.3) is 0 Å². The topological polar surface area (TPSA) is 106 Å². The first-order chi connectivity index (χ1) is 9.41. The average molecular weight is 293 g/mol. The maximum absolute atomic E-state index is 13.4. The van der Waals surface area contributed by atoms with E-state index in [0.29, 0.717) is 0 Å². The number of aromatic nitrogens is 1. The zero-order chi connectivity index (χ0) is 14.8. The highest BCUT2D eigenvalue weighted by Crippen LogP contribution is 2.25. The zero-order valence-corrected chi connectivity index (χ0v) is 10.8. The number of nitrogens with two attached hydrogens (primary N) is 1. The first kappa shape index (κ1) is 13.9. The zero-order valence-electron chi connectivity index (χ0n) is 9.95. The van der Waals surface area contributed by atoms with Crippen molar-refractivity contribution in [2.45, 2.75) is 4.90 Å². The van der Waals surface area contributed by atoms with Crippen LogP contribution in [0.15, 0.2) is 41.4 Å². The second kappa shape index (κ2) is 5.24. The van der Waals surface area contributed by atoms with E-state index in [0.717, 1.165) is 12.3 Å². The molecule has 1 aromatic heterocycles. The Morgan fingerprint density at radius 1 is 1.30 bits per heavy atom. The van der Waals surface area contributed by atoms with Gasteiger partial charge >= 0.3 is 0 Å². The predicted octanol–water partition coefficient (Wildman–Crippen LogP) is 1.53. The minimum absolute atomic E-state index is 0.0108. The van der Waals surface area contributed by atoms with Crippen LogP contribution in [0.3, 0.4) is 0 Å². The molecule has 0 spiro atoms. The molecule has 102 valence electrons. The van der Waals surface area contributed by atoms with Gasteiger partial charge in [0.05, 0.1) is 6.20 Å². The van der Waals surface area contributed by atoms with Crippen molar-refractivity contribution in [2.24, 2.45) is 5.14 Å². The van der Waals surface area contributed by atoms with Crippen LogP contribution >= 0.6 is 0 Å². The number of nitrogens with zero attached hydrogens (tertiary/aromatic N) is 2. The number of primary sulfonamides is 1. The first-order valence-corrected chi connectivity index (χ1v) is 6.82. The van der Waals surface area contributed by atoms with E-state index < -0.39 is 15.8 Å². The van der Waals surface area contributed by atoms with Crippen LogP contribution in [-0.2, 0) is 10.0 Å². The van der Waals surface area contributed by atoms with Gasteiger partial charge in [0, 0.05) is 6.07 Å². The third kappa shape index (κ3) is 2.90. The van der Waals surface area contributed by atoms with Crippen LogP contribution in [0, 0.1) is 17.1 Å². The molecule has 6 nitrogen and oxygen atoms in total. The summed E-state index contributed by atoms with van der Waals surface area (Å²) in [5.74, 6) is -0.714. The summed E-state index contributed by atoms with van der Waals surface area (Å²) >= 11 is 0. The molecule has 2 N–H and O–H groups in total. The molecule has 2 rings (SSSR count). The van der Waals surface area contributed by atoms with Crippen LogP contribution in [-0.4, -0.2) is 13.4 Å². The Morgan fingerprint density at radius 3 is 2.60 bits per heavy atom. The van der Waals surface area contributed by atoms with E-state index in [2.05, 4.69) is 4.98 Å². The lowest BCUT2D eigenvalue weighted by atomic mass is 10.2. The second-order valence-corrected chi connectivity index (χ2v) is 5.27. The van der Waals surface area contributed by atoms with Crippen molar-refractivity contribution >= 4 is 10.0 Å². The summed E-state index contributed by atoms with van der Waals surface area (Å²) in [5, 5.41) is 13.8. The fourth-order valence-electron chi connectivity index (χ4n) is 1.41. The van der Waals surface area contributed by atoms with Crippen molar-refractivity contribution in [3.8, 4) is 17.7 Å². The Morgan fingerprint density at radius 2 is 2.05 bits per heavy atom. The molecular formula is C12H8FN3O3S. The molecule has 0 saturated carbocycles. The lowest BCUT2D eigenvalue weighted by Gasteiger charge is -2.07. The normalized spacial score (nSPS) is 10.8. The predicted molar refractivity (Wildman–Crippen MR) is 66.8 cm³/mol. The summed E-state index contributed by atoms with van der Waals surface area (Å²) < 4.78 is 40.7. The number of benzene rings is 1. The highest BCUT2D eigenvalue weighted by atomic mass is 32.2.